The maximum atomic E-state index is 5.07. The number of likely N-dealkylation sites (tertiary alicyclic amines) is 1. The Kier molecular flexibility index (Phi) is 6.98. The van der Waals surface area contributed by atoms with Crippen LogP contribution in [-0.4, -0.2) is 51.8 Å². The SMILES string of the molecule is CNCCC1CCN(CCCOC)CC1. The molecule has 1 heterocycles. The molecule has 0 aliphatic carbocycles. The second-order valence-electron chi connectivity index (χ2n) is 4.52. The van der Waals surface area contributed by atoms with Gasteiger partial charge in [0.25, 0.3) is 0 Å². The van der Waals surface area contributed by atoms with Crippen LogP contribution in [0.25, 0.3) is 0 Å². The Morgan fingerprint density at radius 3 is 2.67 bits per heavy atom. The maximum Gasteiger partial charge on any atom is 0.0474 e. The van der Waals surface area contributed by atoms with Crippen LogP contribution in [0, 0.1) is 5.92 Å². The first kappa shape index (κ1) is 12.9. The summed E-state index contributed by atoms with van der Waals surface area (Å²) in [4.78, 5) is 2.58. The summed E-state index contributed by atoms with van der Waals surface area (Å²) in [6.07, 6.45) is 5.30. The van der Waals surface area contributed by atoms with Crippen LogP contribution in [0.5, 0.6) is 0 Å². The van der Waals surface area contributed by atoms with Crippen molar-refractivity contribution in [3.8, 4) is 0 Å². The van der Waals surface area contributed by atoms with Gasteiger partial charge in [-0.15, -0.1) is 0 Å². The van der Waals surface area contributed by atoms with Gasteiger partial charge in [-0.25, -0.2) is 0 Å². The van der Waals surface area contributed by atoms with Gasteiger partial charge in [0.2, 0.25) is 0 Å². The summed E-state index contributed by atoms with van der Waals surface area (Å²) in [5.74, 6) is 0.955. The highest BCUT2D eigenvalue weighted by Gasteiger charge is 2.17. The van der Waals surface area contributed by atoms with E-state index in [1.54, 1.807) is 7.11 Å². The van der Waals surface area contributed by atoms with Crippen LogP contribution in [0.15, 0.2) is 0 Å². The molecule has 1 fully saturated rings. The highest BCUT2D eigenvalue weighted by Crippen LogP contribution is 2.19. The van der Waals surface area contributed by atoms with Crippen LogP contribution in [0.1, 0.15) is 25.7 Å². The Morgan fingerprint density at radius 1 is 1.33 bits per heavy atom. The minimum absolute atomic E-state index is 0.902. The van der Waals surface area contributed by atoms with E-state index in [1.807, 2.05) is 7.05 Å². The molecule has 1 aliphatic heterocycles. The molecule has 0 aromatic rings. The lowest BCUT2D eigenvalue weighted by molar-refractivity contribution is 0.144. The lowest BCUT2D eigenvalue weighted by atomic mass is 9.93. The molecule has 0 radical (unpaired) electrons. The second kappa shape index (κ2) is 8.08. The van der Waals surface area contributed by atoms with Crippen LogP contribution < -0.4 is 5.32 Å². The average molecular weight is 214 g/mol. The number of nitrogens with zero attached hydrogens (tertiary/aromatic N) is 1. The predicted octanol–water partition coefficient (Wildman–Crippen LogP) is 1.34. The third-order valence-corrected chi connectivity index (χ3v) is 3.33. The van der Waals surface area contributed by atoms with Crippen molar-refractivity contribution in [1.29, 1.82) is 0 Å². The minimum Gasteiger partial charge on any atom is -0.385 e. The normalized spacial score (nSPS) is 19.6. The van der Waals surface area contributed by atoms with Crippen molar-refractivity contribution in [3.63, 3.8) is 0 Å². The molecule has 0 saturated carbocycles. The molecule has 0 aromatic heterocycles. The zero-order valence-electron chi connectivity index (χ0n) is 10.3. The summed E-state index contributed by atoms with van der Waals surface area (Å²) in [5, 5.41) is 3.24. The van der Waals surface area contributed by atoms with Crippen molar-refractivity contribution < 1.29 is 4.74 Å². The quantitative estimate of drug-likeness (QED) is 0.647. The van der Waals surface area contributed by atoms with Gasteiger partial charge in [-0.1, -0.05) is 0 Å². The van der Waals surface area contributed by atoms with Crippen molar-refractivity contribution in [2.75, 3.05) is 46.9 Å². The van der Waals surface area contributed by atoms with E-state index < -0.39 is 0 Å². The van der Waals surface area contributed by atoms with Crippen molar-refractivity contribution in [2.24, 2.45) is 5.92 Å². The molecule has 90 valence electrons. The number of hydrogen-bond donors (Lipinski definition) is 1. The Morgan fingerprint density at radius 2 is 2.07 bits per heavy atom. The van der Waals surface area contributed by atoms with Crippen LogP contribution in [0.2, 0.25) is 0 Å². The molecule has 0 atom stereocenters. The van der Waals surface area contributed by atoms with Crippen molar-refractivity contribution in [2.45, 2.75) is 25.7 Å². The molecule has 3 nitrogen and oxygen atoms in total. The van der Waals surface area contributed by atoms with Crippen molar-refractivity contribution in [3.05, 3.63) is 0 Å². The third-order valence-electron chi connectivity index (χ3n) is 3.33. The number of methoxy groups -OCH3 is 1. The van der Waals surface area contributed by atoms with Gasteiger partial charge in [0, 0.05) is 20.3 Å². The van der Waals surface area contributed by atoms with E-state index in [0.29, 0.717) is 0 Å². The number of rotatable bonds is 7. The standard InChI is InChI=1S/C12H26N2O/c1-13-7-4-12-5-9-14(10-6-12)8-3-11-15-2/h12-13H,3-11H2,1-2H3. The number of piperidine rings is 1. The Bertz CT molecular complexity index is 145. The zero-order chi connectivity index (χ0) is 10.9. The summed E-state index contributed by atoms with van der Waals surface area (Å²) >= 11 is 0. The number of hydrogen-bond acceptors (Lipinski definition) is 3. The van der Waals surface area contributed by atoms with E-state index in [1.165, 1.54) is 51.9 Å². The molecule has 0 unspecified atom stereocenters. The van der Waals surface area contributed by atoms with Crippen molar-refractivity contribution in [1.82, 2.24) is 10.2 Å². The monoisotopic (exact) mass is 214 g/mol. The molecule has 1 aliphatic rings. The van der Waals surface area contributed by atoms with Gasteiger partial charge < -0.3 is 15.0 Å². The van der Waals surface area contributed by atoms with E-state index in [4.69, 9.17) is 4.74 Å². The molecule has 3 heteroatoms. The van der Waals surface area contributed by atoms with E-state index in [2.05, 4.69) is 10.2 Å². The van der Waals surface area contributed by atoms with Gasteiger partial charge >= 0.3 is 0 Å². The summed E-state index contributed by atoms with van der Waals surface area (Å²) in [6, 6.07) is 0. The fourth-order valence-electron chi connectivity index (χ4n) is 2.28. The molecule has 1 N–H and O–H groups in total. The smallest absolute Gasteiger partial charge is 0.0474 e. The lowest BCUT2D eigenvalue weighted by Crippen LogP contribution is -2.35. The maximum absolute atomic E-state index is 5.07. The first-order chi connectivity index (χ1) is 7.36. The van der Waals surface area contributed by atoms with Crippen LogP contribution >= 0.6 is 0 Å². The summed E-state index contributed by atoms with van der Waals surface area (Å²) in [5.41, 5.74) is 0. The van der Waals surface area contributed by atoms with Crippen LogP contribution in [0.3, 0.4) is 0 Å². The summed E-state index contributed by atoms with van der Waals surface area (Å²) in [7, 11) is 3.82. The number of nitrogens with one attached hydrogen (secondary N) is 1. The fraction of sp³-hybridized carbons (Fsp3) is 1.00. The Labute approximate surface area is 94.2 Å². The Balaban J connectivity index is 2.02. The number of ether oxygens (including phenoxy) is 1. The Hall–Kier alpha value is -0.120. The van der Waals surface area contributed by atoms with Gasteiger partial charge in [0.05, 0.1) is 0 Å². The van der Waals surface area contributed by atoms with Gasteiger partial charge in [-0.3, -0.25) is 0 Å². The van der Waals surface area contributed by atoms with Crippen LogP contribution in [-0.2, 0) is 4.74 Å². The van der Waals surface area contributed by atoms with Crippen molar-refractivity contribution >= 4 is 0 Å². The predicted molar refractivity (Wildman–Crippen MR) is 64.2 cm³/mol. The molecule has 1 saturated heterocycles. The molecule has 15 heavy (non-hydrogen) atoms. The van der Waals surface area contributed by atoms with Crippen LogP contribution in [0.4, 0.5) is 0 Å². The van der Waals surface area contributed by atoms with E-state index in [9.17, 15) is 0 Å². The third kappa shape index (κ3) is 5.50. The van der Waals surface area contributed by atoms with Gasteiger partial charge in [-0.2, -0.15) is 0 Å². The van der Waals surface area contributed by atoms with E-state index in [0.717, 1.165) is 12.5 Å². The lowest BCUT2D eigenvalue weighted by Gasteiger charge is -2.31. The van der Waals surface area contributed by atoms with Gasteiger partial charge in [-0.05, 0) is 58.3 Å². The fourth-order valence-corrected chi connectivity index (χ4v) is 2.28. The zero-order valence-corrected chi connectivity index (χ0v) is 10.3. The molecule has 0 bridgehead atoms. The second-order valence-corrected chi connectivity index (χ2v) is 4.52. The van der Waals surface area contributed by atoms with Gasteiger partial charge in [0.15, 0.2) is 0 Å². The summed E-state index contributed by atoms with van der Waals surface area (Å²) in [6.45, 7) is 5.87. The average Bonchev–Trinajstić information content (AvgIpc) is 2.28. The highest BCUT2D eigenvalue weighted by molar-refractivity contribution is 4.72. The summed E-state index contributed by atoms with van der Waals surface area (Å²) < 4.78 is 5.07. The molecule has 1 rings (SSSR count). The largest absolute Gasteiger partial charge is 0.385 e. The first-order valence-electron chi connectivity index (χ1n) is 6.22. The van der Waals surface area contributed by atoms with E-state index >= 15 is 0 Å². The molecule has 0 spiro atoms. The molecular formula is C12H26N2O. The first-order valence-corrected chi connectivity index (χ1v) is 6.22. The van der Waals surface area contributed by atoms with E-state index in [-0.39, 0.29) is 0 Å². The molecule has 0 aromatic carbocycles. The molecule has 0 amide bonds. The topological polar surface area (TPSA) is 24.5 Å². The molecular weight excluding hydrogens is 188 g/mol. The highest BCUT2D eigenvalue weighted by atomic mass is 16.5. The minimum atomic E-state index is 0.902. The van der Waals surface area contributed by atoms with Gasteiger partial charge in [0.1, 0.15) is 0 Å².